The summed E-state index contributed by atoms with van der Waals surface area (Å²) in [5.74, 6) is -1.50. The van der Waals surface area contributed by atoms with Gasteiger partial charge < -0.3 is 10.1 Å². The van der Waals surface area contributed by atoms with Crippen LogP contribution in [0, 0.1) is 0 Å². The van der Waals surface area contributed by atoms with E-state index in [-0.39, 0.29) is 23.8 Å². The van der Waals surface area contributed by atoms with Crippen LogP contribution in [0.5, 0.6) is 0 Å². The number of aromatic nitrogens is 2. The Bertz CT molecular complexity index is 1240. The quantitative estimate of drug-likeness (QED) is 0.504. The molecule has 0 spiro atoms. The van der Waals surface area contributed by atoms with E-state index in [4.69, 9.17) is 4.74 Å². The molecule has 1 atom stereocenters. The standard InChI is InChI=1S/C23H22N4O5S/c28-21-16-33(30,31)23(27(21)20-11-4-5-12-24-20)19-10-6-9-18(26-19)22(29)25-13-14-32-15-17-7-2-1-3-8-17/h1-12,23H,13-16H2,(H,25,29). The molecule has 0 bridgehead atoms. The van der Waals surface area contributed by atoms with E-state index in [1.165, 1.54) is 24.4 Å². The fourth-order valence-electron chi connectivity index (χ4n) is 3.48. The van der Waals surface area contributed by atoms with Crippen molar-refractivity contribution in [3.8, 4) is 0 Å². The topological polar surface area (TPSA) is 119 Å². The van der Waals surface area contributed by atoms with E-state index in [1.807, 2.05) is 30.3 Å². The van der Waals surface area contributed by atoms with Crippen LogP contribution in [0.1, 0.15) is 27.1 Å². The Balaban J connectivity index is 1.44. The molecule has 2 aromatic heterocycles. The third-order valence-corrected chi connectivity index (χ3v) is 6.75. The lowest BCUT2D eigenvalue weighted by Gasteiger charge is -2.22. The molecule has 3 heterocycles. The van der Waals surface area contributed by atoms with E-state index in [2.05, 4.69) is 15.3 Å². The maximum Gasteiger partial charge on any atom is 0.269 e. The number of anilines is 1. The van der Waals surface area contributed by atoms with Crippen molar-refractivity contribution in [3.05, 3.63) is 89.9 Å². The van der Waals surface area contributed by atoms with Crippen LogP contribution >= 0.6 is 0 Å². The number of hydrogen-bond acceptors (Lipinski definition) is 7. The SMILES string of the molecule is O=C(NCCOCc1ccccc1)c1cccc(C2N(c3ccccn3)C(=O)CS2(=O)=O)n1. The van der Waals surface area contributed by atoms with Crippen molar-refractivity contribution in [3.63, 3.8) is 0 Å². The number of carbonyl (C=O) groups excluding carboxylic acids is 2. The zero-order valence-electron chi connectivity index (χ0n) is 17.6. The highest BCUT2D eigenvalue weighted by atomic mass is 32.2. The van der Waals surface area contributed by atoms with E-state index >= 15 is 0 Å². The highest BCUT2D eigenvalue weighted by molar-refractivity contribution is 7.93. The van der Waals surface area contributed by atoms with Gasteiger partial charge in [-0.1, -0.05) is 42.5 Å². The molecule has 10 heteroatoms. The zero-order valence-corrected chi connectivity index (χ0v) is 18.4. The molecule has 33 heavy (non-hydrogen) atoms. The third kappa shape index (κ3) is 5.24. The van der Waals surface area contributed by atoms with Crippen LogP contribution in [0.3, 0.4) is 0 Å². The monoisotopic (exact) mass is 466 g/mol. The largest absolute Gasteiger partial charge is 0.375 e. The van der Waals surface area contributed by atoms with Gasteiger partial charge in [-0.3, -0.25) is 14.5 Å². The molecule has 0 aliphatic carbocycles. The summed E-state index contributed by atoms with van der Waals surface area (Å²) in [7, 11) is -3.86. The molecule has 1 saturated heterocycles. The molecule has 1 aliphatic rings. The van der Waals surface area contributed by atoms with Crippen LogP contribution in [0.15, 0.2) is 72.9 Å². The van der Waals surface area contributed by atoms with E-state index in [1.54, 1.807) is 18.2 Å². The lowest BCUT2D eigenvalue weighted by Crippen LogP contribution is -2.32. The van der Waals surface area contributed by atoms with Crippen LogP contribution < -0.4 is 10.2 Å². The minimum Gasteiger partial charge on any atom is -0.375 e. The van der Waals surface area contributed by atoms with Gasteiger partial charge in [0.15, 0.2) is 15.2 Å². The number of hydrogen-bond donors (Lipinski definition) is 1. The molecule has 1 unspecified atom stereocenters. The lowest BCUT2D eigenvalue weighted by atomic mass is 10.2. The molecule has 4 rings (SSSR count). The highest BCUT2D eigenvalue weighted by Gasteiger charge is 2.47. The maximum atomic E-state index is 12.8. The summed E-state index contributed by atoms with van der Waals surface area (Å²) in [6.45, 7) is 0.999. The van der Waals surface area contributed by atoms with Crippen molar-refractivity contribution >= 4 is 27.5 Å². The van der Waals surface area contributed by atoms with Crippen molar-refractivity contribution in [2.24, 2.45) is 0 Å². The van der Waals surface area contributed by atoms with E-state index in [9.17, 15) is 18.0 Å². The number of carbonyl (C=O) groups is 2. The number of nitrogens with one attached hydrogen (secondary N) is 1. The first-order valence-corrected chi connectivity index (χ1v) is 12.0. The summed E-state index contributed by atoms with van der Waals surface area (Å²) in [6, 6.07) is 19.1. The summed E-state index contributed by atoms with van der Waals surface area (Å²) in [6.07, 6.45) is 1.47. The number of pyridine rings is 2. The summed E-state index contributed by atoms with van der Waals surface area (Å²) in [5.41, 5.74) is 1.16. The number of sulfone groups is 1. The van der Waals surface area contributed by atoms with Gasteiger partial charge in [-0.05, 0) is 29.8 Å². The zero-order chi connectivity index (χ0) is 23.3. The molecule has 1 aliphatic heterocycles. The van der Waals surface area contributed by atoms with Crippen LogP contribution in [-0.2, 0) is 26.0 Å². The van der Waals surface area contributed by atoms with Gasteiger partial charge in [0.2, 0.25) is 5.91 Å². The van der Waals surface area contributed by atoms with Crippen molar-refractivity contribution < 1.29 is 22.7 Å². The Kier molecular flexibility index (Phi) is 6.76. The molecule has 2 amide bonds. The minimum atomic E-state index is -3.86. The van der Waals surface area contributed by atoms with Crippen LogP contribution in [0.25, 0.3) is 0 Å². The number of rotatable bonds is 8. The lowest BCUT2D eigenvalue weighted by molar-refractivity contribution is -0.115. The number of benzene rings is 1. The minimum absolute atomic E-state index is 0.0473. The van der Waals surface area contributed by atoms with Crippen molar-refractivity contribution in [1.29, 1.82) is 0 Å². The first kappa shape index (κ1) is 22.6. The molecular formula is C23H22N4O5S. The van der Waals surface area contributed by atoms with Gasteiger partial charge in [0, 0.05) is 12.7 Å². The molecule has 1 N–H and O–H groups in total. The molecule has 9 nitrogen and oxygen atoms in total. The second-order valence-electron chi connectivity index (χ2n) is 7.35. The molecule has 170 valence electrons. The average molecular weight is 467 g/mol. The second-order valence-corrected chi connectivity index (χ2v) is 9.41. The Morgan fingerprint density at radius 3 is 2.61 bits per heavy atom. The van der Waals surface area contributed by atoms with E-state index < -0.39 is 32.8 Å². The predicted octanol–water partition coefficient (Wildman–Crippen LogP) is 1.88. The molecule has 0 saturated carbocycles. The van der Waals surface area contributed by atoms with E-state index in [0.717, 1.165) is 10.5 Å². The maximum absolute atomic E-state index is 12.8. The normalized spacial score (nSPS) is 17.2. The van der Waals surface area contributed by atoms with Gasteiger partial charge in [-0.15, -0.1) is 0 Å². The van der Waals surface area contributed by atoms with Crippen molar-refractivity contribution in [2.75, 3.05) is 23.8 Å². The average Bonchev–Trinajstić information content (AvgIpc) is 3.08. The Hall–Kier alpha value is -3.63. The summed E-state index contributed by atoms with van der Waals surface area (Å²) < 4.78 is 31.0. The number of ether oxygens (including phenoxy) is 1. The first-order chi connectivity index (χ1) is 16.0. The number of nitrogens with zero attached hydrogens (tertiary/aromatic N) is 3. The fraction of sp³-hybridized carbons (Fsp3) is 0.217. The van der Waals surface area contributed by atoms with E-state index in [0.29, 0.717) is 13.2 Å². The van der Waals surface area contributed by atoms with Gasteiger partial charge in [-0.25, -0.2) is 18.4 Å². The van der Waals surface area contributed by atoms with Gasteiger partial charge in [0.25, 0.3) is 5.91 Å². The van der Waals surface area contributed by atoms with Crippen LogP contribution in [-0.4, -0.2) is 49.1 Å². The Morgan fingerprint density at radius 2 is 1.85 bits per heavy atom. The molecular weight excluding hydrogens is 444 g/mol. The smallest absolute Gasteiger partial charge is 0.269 e. The summed E-state index contributed by atoms with van der Waals surface area (Å²) >= 11 is 0. The summed E-state index contributed by atoms with van der Waals surface area (Å²) in [5, 5.41) is 1.36. The molecule has 1 fully saturated rings. The van der Waals surface area contributed by atoms with Gasteiger partial charge in [0.1, 0.15) is 17.3 Å². The van der Waals surface area contributed by atoms with Gasteiger partial charge >= 0.3 is 0 Å². The highest BCUT2D eigenvalue weighted by Crippen LogP contribution is 2.35. The van der Waals surface area contributed by atoms with Crippen LogP contribution in [0.2, 0.25) is 0 Å². The third-order valence-electron chi connectivity index (χ3n) is 4.96. The van der Waals surface area contributed by atoms with Crippen molar-refractivity contribution in [2.45, 2.75) is 12.0 Å². The van der Waals surface area contributed by atoms with Gasteiger partial charge in [0.05, 0.1) is 18.9 Å². The second kappa shape index (κ2) is 9.88. The number of amides is 2. The molecule has 0 radical (unpaired) electrons. The Morgan fingerprint density at radius 1 is 1.06 bits per heavy atom. The molecule has 1 aromatic carbocycles. The van der Waals surface area contributed by atoms with Crippen molar-refractivity contribution in [1.82, 2.24) is 15.3 Å². The summed E-state index contributed by atoms with van der Waals surface area (Å²) in [4.78, 5) is 34.5. The van der Waals surface area contributed by atoms with Crippen LogP contribution in [0.4, 0.5) is 5.82 Å². The molecule has 3 aromatic rings. The predicted molar refractivity (Wildman–Crippen MR) is 121 cm³/mol. The van der Waals surface area contributed by atoms with Gasteiger partial charge in [-0.2, -0.15) is 0 Å². The fourth-order valence-corrected chi connectivity index (χ4v) is 5.17. The first-order valence-electron chi connectivity index (χ1n) is 10.3. The Labute approximate surface area is 191 Å².